The molecule has 2 heterocycles. The van der Waals surface area contributed by atoms with Crippen LogP contribution in [0.25, 0.3) is 10.9 Å². The average Bonchev–Trinajstić information content (AvgIpc) is 2.89. The molecule has 0 fully saturated rings. The first-order chi connectivity index (χ1) is 8.93. The average molecular weight is 242 g/mol. The van der Waals surface area contributed by atoms with Gasteiger partial charge >= 0.3 is 0 Å². The van der Waals surface area contributed by atoms with Gasteiger partial charge in [-0.1, -0.05) is 12.1 Å². The van der Waals surface area contributed by atoms with E-state index >= 15 is 0 Å². The molecule has 0 aliphatic carbocycles. The molecular formula is C14H18N4. The largest absolute Gasteiger partial charge is 0.361 e. The molecule has 0 bridgehead atoms. The van der Waals surface area contributed by atoms with Crippen LogP contribution in [0.2, 0.25) is 0 Å². The number of hydrogen-bond acceptors (Lipinski definition) is 3. The zero-order valence-corrected chi connectivity index (χ0v) is 10.4. The molecule has 2 aromatic rings. The van der Waals surface area contributed by atoms with Crippen LogP contribution in [-0.2, 0) is 6.42 Å². The third kappa shape index (κ3) is 2.32. The van der Waals surface area contributed by atoms with Crippen LogP contribution in [0.5, 0.6) is 0 Å². The first kappa shape index (κ1) is 11.1. The number of aromatic nitrogens is 1. The van der Waals surface area contributed by atoms with Crippen LogP contribution in [0.15, 0.2) is 35.5 Å². The van der Waals surface area contributed by atoms with Gasteiger partial charge in [-0.05, 0) is 30.5 Å². The lowest BCUT2D eigenvalue weighted by molar-refractivity contribution is 0.700. The van der Waals surface area contributed by atoms with Gasteiger partial charge in [-0.15, -0.1) is 0 Å². The number of aromatic amines is 1. The second-order valence-corrected chi connectivity index (χ2v) is 4.54. The van der Waals surface area contributed by atoms with Gasteiger partial charge in [0.15, 0.2) is 5.96 Å². The van der Waals surface area contributed by atoms with Crippen molar-refractivity contribution in [2.24, 2.45) is 4.99 Å². The summed E-state index contributed by atoms with van der Waals surface area (Å²) < 4.78 is 0. The van der Waals surface area contributed by atoms with Crippen LogP contribution in [0.3, 0.4) is 0 Å². The highest BCUT2D eigenvalue weighted by atomic mass is 15.2. The Labute approximate surface area is 107 Å². The summed E-state index contributed by atoms with van der Waals surface area (Å²) >= 11 is 0. The summed E-state index contributed by atoms with van der Waals surface area (Å²) in [6, 6.07) is 8.54. The van der Waals surface area contributed by atoms with Gasteiger partial charge in [-0.25, -0.2) is 0 Å². The summed E-state index contributed by atoms with van der Waals surface area (Å²) in [7, 11) is 0. The van der Waals surface area contributed by atoms with Crippen molar-refractivity contribution < 1.29 is 0 Å². The third-order valence-corrected chi connectivity index (χ3v) is 3.27. The van der Waals surface area contributed by atoms with Gasteiger partial charge in [0, 0.05) is 36.7 Å². The second-order valence-electron chi connectivity index (χ2n) is 4.54. The number of fused-ring (bicyclic) bond motifs is 1. The summed E-state index contributed by atoms with van der Waals surface area (Å²) in [5, 5.41) is 7.94. The molecule has 4 nitrogen and oxygen atoms in total. The predicted molar refractivity (Wildman–Crippen MR) is 74.9 cm³/mol. The topological polar surface area (TPSA) is 52.2 Å². The molecule has 0 saturated carbocycles. The van der Waals surface area contributed by atoms with Crippen molar-refractivity contribution in [3.63, 3.8) is 0 Å². The van der Waals surface area contributed by atoms with Gasteiger partial charge in [0.05, 0.1) is 0 Å². The van der Waals surface area contributed by atoms with E-state index in [9.17, 15) is 0 Å². The van der Waals surface area contributed by atoms with Gasteiger partial charge in [0.2, 0.25) is 0 Å². The van der Waals surface area contributed by atoms with E-state index in [1.54, 1.807) is 0 Å². The van der Waals surface area contributed by atoms with Crippen LogP contribution in [0.4, 0.5) is 0 Å². The quantitative estimate of drug-likeness (QED) is 0.766. The Kier molecular flexibility index (Phi) is 3.17. The molecule has 0 unspecified atom stereocenters. The summed E-state index contributed by atoms with van der Waals surface area (Å²) in [6.45, 7) is 2.87. The molecular weight excluding hydrogens is 224 g/mol. The van der Waals surface area contributed by atoms with Crippen molar-refractivity contribution in [3.05, 3.63) is 36.0 Å². The lowest BCUT2D eigenvalue weighted by Crippen LogP contribution is -2.41. The highest BCUT2D eigenvalue weighted by Gasteiger charge is 2.04. The van der Waals surface area contributed by atoms with E-state index in [0.717, 1.165) is 38.4 Å². The normalized spacial score (nSPS) is 15.2. The molecule has 1 aliphatic heterocycles. The molecule has 0 atom stereocenters. The lowest BCUT2D eigenvalue weighted by Gasteiger charge is -2.16. The maximum atomic E-state index is 4.40. The molecule has 0 spiro atoms. The number of nitrogens with one attached hydrogen (secondary N) is 3. The molecule has 94 valence electrons. The van der Waals surface area contributed by atoms with Crippen LogP contribution in [0, 0.1) is 0 Å². The molecule has 1 aromatic carbocycles. The van der Waals surface area contributed by atoms with Crippen molar-refractivity contribution in [1.82, 2.24) is 15.6 Å². The van der Waals surface area contributed by atoms with Crippen LogP contribution >= 0.6 is 0 Å². The van der Waals surface area contributed by atoms with Crippen LogP contribution in [-0.4, -0.2) is 30.6 Å². The zero-order chi connectivity index (χ0) is 12.2. The fourth-order valence-corrected chi connectivity index (χ4v) is 2.34. The Morgan fingerprint density at radius 3 is 3.17 bits per heavy atom. The van der Waals surface area contributed by atoms with E-state index in [1.807, 2.05) is 6.20 Å². The Bertz CT molecular complexity index is 556. The number of nitrogens with zero attached hydrogens (tertiary/aromatic N) is 1. The Morgan fingerprint density at radius 1 is 1.28 bits per heavy atom. The molecule has 0 amide bonds. The number of benzene rings is 1. The number of hydrogen-bond donors (Lipinski definition) is 3. The maximum Gasteiger partial charge on any atom is 0.191 e. The Balaban J connectivity index is 1.62. The fourth-order valence-electron chi connectivity index (χ4n) is 2.34. The smallest absolute Gasteiger partial charge is 0.191 e. The third-order valence-electron chi connectivity index (χ3n) is 3.27. The second kappa shape index (κ2) is 5.12. The maximum absolute atomic E-state index is 4.40. The van der Waals surface area contributed by atoms with Gasteiger partial charge in [0.25, 0.3) is 0 Å². The van der Waals surface area contributed by atoms with E-state index in [2.05, 4.69) is 44.9 Å². The van der Waals surface area contributed by atoms with E-state index in [4.69, 9.17) is 0 Å². The fraction of sp³-hybridized carbons (Fsp3) is 0.357. The van der Waals surface area contributed by atoms with Gasteiger partial charge < -0.3 is 15.6 Å². The van der Waals surface area contributed by atoms with Gasteiger partial charge in [-0.3, -0.25) is 4.99 Å². The lowest BCUT2D eigenvalue weighted by atomic mass is 10.1. The zero-order valence-electron chi connectivity index (χ0n) is 10.4. The van der Waals surface area contributed by atoms with Crippen LogP contribution in [0.1, 0.15) is 12.0 Å². The minimum absolute atomic E-state index is 0.913. The number of rotatable bonds is 3. The molecule has 1 aliphatic rings. The molecule has 1 aromatic heterocycles. The number of aliphatic imine (C=N–C) groups is 1. The summed E-state index contributed by atoms with van der Waals surface area (Å²) in [5.74, 6) is 0.947. The SMILES string of the molecule is c1cc(CCNC2=NCCCN2)c2cc[nH]c2c1. The Hall–Kier alpha value is -1.97. The van der Waals surface area contributed by atoms with Gasteiger partial charge in [0.1, 0.15) is 0 Å². The summed E-state index contributed by atoms with van der Waals surface area (Å²) in [6.07, 6.45) is 4.14. The summed E-state index contributed by atoms with van der Waals surface area (Å²) in [4.78, 5) is 7.64. The molecule has 3 N–H and O–H groups in total. The van der Waals surface area contributed by atoms with Crippen molar-refractivity contribution in [3.8, 4) is 0 Å². The highest BCUT2D eigenvalue weighted by Crippen LogP contribution is 2.17. The van der Waals surface area contributed by atoms with Crippen molar-refractivity contribution in [2.45, 2.75) is 12.8 Å². The molecule has 3 rings (SSSR count). The number of guanidine groups is 1. The Morgan fingerprint density at radius 2 is 2.28 bits per heavy atom. The number of H-pyrrole nitrogens is 1. The van der Waals surface area contributed by atoms with E-state index in [1.165, 1.54) is 16.5 Å². The van der Waals surface area contributed by atoms with Gasteiger partial charge in [-0.2, -0.15) is 0 Å². The van der Waals surface area contributed by atoms with Crippen molar-refractivity contribution in [2.75, 3.05) is 19.6 Å². The van der Waals surface area contributed by atoms with Crippen LogP contribution < -0.4 is 10.6 Å². The standard InChI is InChI=1S/C14H18N4/c1-3-11(12-6-10-15-13(12)4-1)5-9-18-14-16-7-2-8-17-14/h1,3-4,6,10,15H,2,5,7-9H2,(H2,16,17,18). The molecule has 0 saturated heterocycles. The molecule has 18 heavy (non-hydrogen) atoms. The van der Waals surface area contributed by atoms with Crippen molar-refractivity contribution in [1.29, 1.82) is 0 Å². The summed E-state index contributed by atoms with van der Waals surface area (Å²) in [5.41, 5.74) is 2.58. The predicted octanol–water partition coefficient (Wildman–Crippen LogP) is 1.65. The highest BCUT2D eigenvalue weighted by molar-refractivity contribution is 5.83. The van der Waals surface area contributed by atoms with E-state index in [-0.39, 0.29) is 0 Å². The first-order valence-electron chi connectivity index (χ1n) is 6.51. The monoisotopic (exact) mass is 242 g/mol. The molecule has 4 heteroatoms. The van der Waals surface area contributed by atoms with E-state index in [0.29, 0.717) is 0 Å². The first-order valence-corrected chi connectivity index (χ1v) is 6.51. The van der Waals surface area contributed by atoms with Crippen molar-refractivity contribution >= 4 is 16.9 Å². The van der Waals surface area contributed by atoms with E-state index < -0.39 is 0 Å². The minimum atomic E-state index is 0.913. The molecule has 0 radical (unpaired) electrons. The minimum Gasteiger partial charge on any atom is -0.361 e.